The highest BCUT2D eigenvalue weighted by Gasteiger charge is 2.17. The Kier molecular flexibility index (Phi) is 5.55. The molecule has 3 aromatic rings. The lowest BCUT2D eigenvalue weighted by Crippen LogP contribution is -2.22. The first kappa shape index (κ1) is 17.7. The number of H-pyrrole nitrogens is 1. The van der Waals surface area contributed by atoms with Gasteiger partial charge >= 0.3 is 0 Å². The van der Waals surface area contributed by atoms with Crippen molar-refractivity contribution in [3.05, 3.63) is 58.6 Å². The number of carbonyl (C=O) groups is 1. The summed E-state index contributed by atoms with van der Waals surface area (Å²) in [6, 6.07) is 15.5. The summed E-state index contributed by atoms with van der Waals surface area (Å²) in [5.74, 6) is 0.608. The Hall–Kier alpha value is -2.12. The van der Waals surface area contributed by atoms with Crippen molar-refractivity contribution in [1.29, 1.82) is 0 Å². The molecule has 2 aromatic carbocycles. The van der Waals surface area contributed by atoms with Gasteiger partial charge in [-0.05, 0) is 38.1 Å². The molecule has 7 heteroatoms. The molecule has 1 heterocycles. The molecule has 3 rings (SSSR count). The van der Waals surface area contributed by atoms with Crippen molar-refractivity contribution in [3.63, 3.8) is 0 Å². The highest BCUT2D eigenvalue weighted by molar-refractivity contribution is 9.10. The maximum Gasteiger partial charge on any atom is 0.237 e. The molecule has 0 spiro atoms. The van der Waals surface area contributed by atoms with Crippen LogP contribution in [0.2, 0.25) is 0 Å². The van der Waals surface area contributed by atoms with Gasteiger partial charge in [0.25, 0.3) is 0 Å². The number of nitrogens with one attached hydrogen (secondary N) is 2. The van der Waals surface area contributed by atoms with Crippen molar-refractivity contribution < 1.29 is 4.79 Å². The monoisotopic (exact) mass is 416 g/mol. The molecule has 25 heavy (non-hydrogen) atoms. The number of amides is 1. The fourth-order valence-electron chi connectivity index (χ4n) is 2.13. The van der Waals surface area contributed by atoms with Crippen LogP contribution in [-0.2, 0) is 4.79 Å². The number of aromatic amines is 1. The summed E-state index contributed by atoms with van der Waals surface area (Å²) in [7, 11) is 0. The number of halogens is 1. The SMILES string of the molecule is Cc1ccc(-c2nc(S[C@@H](C)C(=O)Nc3ccc(Br)cc3)n[nH]2)cc1. The van der Waals surface area contributed by atoms with Gasteiger partial charge in [0, 0.05) is 15.7 Å². The van der Waals surface area contributed by atoms with Crippen molar-refractivity contribution in [2.24, 2.45) is 0 Å². The Morgan fingerprint density at radius 1 is 1.16 bits per heavy atom. The van der Waals surface area contributed by atoms with Crippen LogP contribution in [0.5, 0.6) is 0 Å². The number of thioether (sulfide) groups is 1. The first-order valence-electron chi connectivity index (χ1n) is 7.74. The van der Waals surface area contributed by atoms with Crippen LogP contribution in [0.4, 0.5) is 5.69 Å². The van der Waals surface area contributed by atoms with E-state index >= 15 is 0 Å². The largest absolute Gasteiger partial charge is 0.325 e. The summed E-state index contributed by atoms with van der Waals surface area (Å²) in [5, 5.41) is 10.2. The zero-order chi connectivity index (χ0) is 17.8. The van der Waals surface area contributed by atoms with Gasteiger partial charge in [0.05, 0.1) is 5.25 Å². The summed E-state index contributed by atoms with van der Waals surface area (Å²) >= 11 is 4.69. The lowest BCUT2D eigenvalue weighted by atomic mass is 10.1. The quantitative estimate of drug-likeness (QED) is 0.593. The van der Waals surface area contributed by atoms with Crippen molar-refractivity contribution in [2.45, 2.75) is 24.3 Å². The third kappa shape index (κ3) is 4.70. The van der Waals surface area contributed by atoms with E-state index in [0.717, 1.165) is 15.7 Å². The van der Waals surface area contributed by atoms with Gasteiger partial charge in [-0.2, -0.15) is 0 Å². The van der Waals surface area contributed by atoms with Crippen LogP contribution in [0.1, 0.15) is 12.5 Å². The van der Waals surface area contributed by atoms with Crippen molar-refractivity contribution in [2.75, 3.05) is 5.32 Å². The maximum absolute atomic E-state index is 12.3. The summed E-state index contributed by atoms with van der Waals surface area (Å²) < 4.78 is 0.970. The van der Waals surface area contributed by atoms with E-state index in [0.29, 0.717) is 11.0 Å². The van der Waals surface area contributed by atoms with Gasteiger partial charge < -0.3 is 5.32 Å². The van der Waals surface area contributed by atoms with Gasteiger partial charge in [0.1, 0.15) is 0 Å². The van der Waals surface area contributed by atoms with Gasteiger partial charge in [0.15, 0.2) is 5.82 Å². The van der Waals surface area contributed by atoms with Crippen molar-refractivity contribution in [1.82, 2.24) is 15.2 Å². The average Bonchev–Trinajstić information content (AvgIpc) is 3.06. The summed E-state index contributed by atoms with van der Waals surface area (Å²) in [6.07, 6.45) is 0. The molecule has 0 saturated heterocycles. The second kappa shape index (κ2) is 7.84. The van der Waals surface area contributed by atoms with Gasteiger partial charge in [-0.25, -0.2) is 4.98 Å². The van der Waals surface area contributed by atoms with E-state index < -0.39 is 0 Å². The van der Waals surface area contributed by atoms with Gasteiger partial charge in [-0.15, -0.1) is 5.10 Å². The minimum Gasteiger partial charge on any atom is -0.325 e. The summed E-state index contributed by atoms with van der Waals surface area (Å²) in [4.78, 5) is 16.8. The van der Waals surface area contributed by atoms with E-state index in [2.05, 4.69) is 36.4 Å². The minimum atomic E-state index is -0.315. The van der Waals surface area contributed by atoms with Crippen LogP contribution in [0, 0.1) is 6.92 Å². The Balaban J connectivity index is 1.62. The maximum atomic E-state index is 12.3. The average molecular weight is 417 g/mol. The lowest BCUT2D eigenvalue weighted by molar-refractivity contribution is -0.115. The normalized spacial score (nSPS) is 12.0. The van der Waals surface area contributed by atoms with Crippen LogP contribution < -0.4 is 5.32 Å². The number of hydrogen-bond acceptors (Lipinski definition) is 4. The molecule has 0 aliphatic rings. The minimum absolute atomic E-state index is 0.0889. The molecule has 0 aliphatic carbocycles. The second-order valence-corrected chi connectivity index (χ2v) is 7.81. The molecule has 0 bridgehead atoms. The van der Waals surface area contributed by atoms with Crippen LogP contribution in [0.15, 0.2) is 58.2 Å². The van der Waals surface area contributed by atoms with Gasteiger partial charge in [0.2, 0.25) is 11.1 Å². The topological polar surface area (TPSA) is 70.7 Å². The van der Waals surface area contributed by atoms with E-state index in [9.17, 15) is 4.79 Å². The number of anilines is 1. The van der Waals surface area contributed by atoms with Crippen LogP contribution in [0.25, 0.3) is 11.4 Å². The van der Waals surface area contributed by atoms with Crippen LogP contribution >= 0.6 is 27.7 Å². The fourth-order valence-corrected chi connectivity index (χ4v) is 3.12. The number of benzene rings is 2. The lowest BCUT2D eigenvalue weighted by Gasteiger charge is -2.10. The molecule has 0 radical (unpaired) electrons. The number of aromatic nitrogens is 3. The molecule has 0 aliphatic heterocycles. The van der Waals surface area contributed by atoms with E-state index in [1.807, 2.05) is 62.4 Å². The van der Waals surface area contributed by atoms with Crippen LogP contribution in [0.3, 0.4) is 0 Å². The Morgan fingerprint density at radius 3 is 2.52 bits per heavy atom. The molecule has 128 valence electrons. The van der Waals surface area contributed by atoms with E-state index in [1.54, 1.807) is 0 Å². The van der Waals surface area contributed by atoms with Crippen molar-refractivity contribution >= 4 is 39.3 Å². The molecule has 1 atom stereocenters. The summed E-state index contributed by atoms with van der Waals surface area (Å²) in [5.41, 5.74) is 2.92. The predicted octanol–water partition coefficient (Wildman–Crippen LogP) is 4.66. The number of hydrogen-bond donors (Lipinski definition) is 2. The molecule has 0 fully saturated rings. The molecule has 2 N–H and O–H groups in total. The number of aryl methyl sites for hydroxylation is 1. The van der Waals surface area contributed by atoms with Crippen molar-refractivity contribution in [3.8, 4) is 11.4 Å². The fraction of sp³-hybridized carbons (Fsp3) is 0.167. The highest BCUT2D eigenvalue weighted by Crippen LogP contribution is 2.24. The molecular weight excluding hydrogens is 400 g/mol. The first-order valence-corrected chi connectivity index (χ1v) is 9.41. The third-order valence-electron chi connectivity index (χ3n) is 3.55. The number of nitrogens with zero attached hydrogens (tertiary/aromatic N) is 2. The molecular formula is C18H17BrN4OS. The molecule has 0 unspecified atom stereocenters. The Bertz CT molecular complexity index is 862. The zero-order valence-corrected chi connectivity index (χ0v) is 16.2. The third-order valence-corrected chi connectivity index (χ3v) is 5.04. The smallest absolute Gasteiger partial charge is 0.237 e. The predicted molar refractivity (Wildman–Crippen MR) is 105 cm³/mol. The van der Waals surface area contributed by atoms with E-state index in [1.165, 1.54) is 17.3 Å². The Morgan fingerprint density at radius 2 is 1.84 bits per heavy atom. The van der Waals surface area contributed by atoms with Gasteiger partial charge in [-0.1, -0.05) is 57.5 Å². The van der Waals surface area contributed by atoms with E-state index in [-0.39, 0.29) is 11.2 Å². The Labute approximate surface area is 158 Å². The van der Waals surface area contributed by atoms with Crippen LogP contribution in [-0.4, -0.2) is 26.3 Å². The number of carbonyl (C=O) groups excluding carboxylic acids is 1. The van der Waals surface area contributed by atoms with E-state index in [4.69, 9.17) is 0 Å². The number of rotatable bonds is 5. The standard InChI is InChI=1S/C18H17BrN4OS/c1-11-3-5-13(6-4-11)16-21-18(23-22-16)25-12(2)17(24)20-15-9-7-14(19)8-10-15/h3-10,12H,1-2H3,(H,20,24)(H,21,22,23)/t12-/m0/s1. The molecule has 1 aromatic heterocycles. The first-order chi connectivity index (χ1) is 12.0. The zero-order valence-electron chi connectivity index (χ0n) is 13.8. The summed E-state index contributed by atoms with van der Waals surface area (Å²) in [6.45, 7) is 3.87. The highest BCUT2D eigenvalue weighted by atomic mass is 79.9. The molecule has 5 nitrogen and oxygen atoms in total. The molecule has 0 saturated carbocycles. The van der Waals surface area contributed by atoms with Gasteiger partial charge in [-0.3, -0.25) is 9.89 Å². The molecule has 1 amide bonds. The second-order valence-electron chi connectivity index (χ2n) is 5.59.